The quantitative estimate of drug-likeness (QED) is 0.544. The summed E-state index contributed by atoms with van der Waals surface area (Å²) in [7, 11) is 1.93. The molecule has 0 saturated carbocycles. The summed E-state index contributed by atoms with van der Waals surface area (Å²) in [5.74, 6) is 0. The van der Waals surface area contributed by atoms with Crippen LogP contribution in [0, 0.1) is 18.3 Å². The normalized spacial score (nSPS) is 14.9. The summed E-state index contributed by atoms with van der Waals surface area (Å²) < 4.78 is 3.83. The van der Waals surface area contributed by atoms with Crippen LogP contribution in [0.2, 0.25) is 0 Å². The lowest BCUT2D eigenvalue weighted by Crippen LogP contribution is -2.13. The van der Waals surface area contributed by atoms with Gasteiger partial charge in [0, 0.05) is 36.6 Å². The van der Waals surface area contributed by atoms with Gasteiger partial charge >= 0.3 is 0 Å². The van der Waals surface area contributed by atoms with Gasteiger partial charge in [0.05, 0.1) is 36.1 Å². The van der Waals surface area contributed by atoms with Crippen molar-refractivity contribution in [2.45, 2.75) is 32.4 Å². The fourth-order valence-electron chi connectivity index (χ4n) is 4.33. The fraction of sp³-hybridized carbons (Fsp3) is 0.250. The molecule has 0 aliphatic carbocycles. The Morgan fingerprint density at radius 2 is 2.10 bits per heavy atom. The smallest absolute Gasteiger partial charge is 0.0918 e. The van der Waals surface area contributed by atoms with E-state index in [1.54, 1.807) is 0 Å². The van der Waals surface area contributed by atoms with Gasteiger partial charge in [0.1, 0.15) is 0 Å². The Balaban J connectivity index is 1.60. The van der Waals surface area contributed by atoms with Crippen LogP contribution in [0.15, 0.2) is 54.9 Å². The standard InChI is InChI=1S/C24H23N7/c1-16-24-21-7-6-18(19-14-26-30(2)15-19)13-22(21)23(9-11-31(24)29-28-16)27-20-5-3-4-17(12-20)8-10-25/h3-7,12-15,23,27H,8-9,11H2,1-2H3. The predicted octanol–water partition coefficient (Wildman–Crippen LogP) is 4.28. The number of anilines is 1. The van der Waals surface area contributed by atoms with Gasteiger partial charge in [-0.15, -0.1) is 5.10 Å². The number of benzene rings is 2. The number of aromatic nitrogens is 5. The molecule has 2 aromatic heterocycles. The van der Waals surface area contributed by atoms with E-state index in [1.807, 2.05) is 47.9 Å². The topological polar surface area (TPSA) is 84.3 Å². The van der Waals surface area contributed by atoms with E-state index >= 15 is 0 Å². The number of rotatable bonds is 4. The minimum Gasteiger partial charge on any atom is -0.378 e. The van der Waals surface area contributed by atoms with E-state index in [4.69, 9.17) is 5.26 Å². The van der Waals surface area contributed by atoms with Crippen LogP contribution >= 0.6 is 0 Å². The molecule has 7 heteroatoms. The summed E-state index contributed by atoms with van der Waals surface area (Å²) in [5.41, 5.74) is 8.64. The van der Waals surface area contributed by atoms with Crippen molar-refractivity contribution < 1.29 is 0 Å². The molecule has 2 aromatic carbocycles. The Morgan fingerprint density at radius 1 is 1.19 bits per heavy atom. The molecule has 31 heavy (non-hydrogen) atoms. The van der Waals surface area contributed by atoms with Crippen molar-refractivity contribution in [1.82, 2.24) is 24.8 Å². The predicted molar refractivity (Wildman–Crippen MR) is 119 cm³/mol. The Hall–Kier alpha value is -3.92. The lowest BCUT2D eigenvalue weighted by molar-refractivity contribution is 0.539. The molecule has 154 valence electrons. The third kappa shape index (κ3) is 3.57. The van der Waals surface area contributed by atoms with Crippen LogP contribution in [0.25, 0.3) is 22.4 Å². The number of aryl methyl sites for hydroxylation is 3. The number of nitrogens with zero attached hydrogens (tertiary/aromatic N) is 6. The van der Waals surface area contributed by atoms with E-state index in [2.05, 4.69) is 57.1 Å². The van der Waals surface area contributed by atoms with Crippen molar-refractivity contribution >= 4 is 5.69 Å². The molecule has 0 amide bonds. The third-order valence-electron chi connectivity index (χ3n) is 5.80. The lowest BCUT2D eigenvalue weighted by Gasteiger charge is -2.21. The Kier molecular flexibility index (Phi) is 4.75. The van der Waals surface area contributed by atoms with Crippen molar-refractivity contribution in [2.75, 3.05) is 5.32 Å². The number of nitrogens with one attached hydrogen (secondary N) is 1. The van der Waals surface area contributed by atoms with Gasteiger partial charge in [-0.3, -0.25) is 4.68 Å². The Bertz CT molecular complexity index is 1290. The first-order valence-corrected chi connectivity index (χ1v) is 10.4. The molecule has 1 N–H and O–H groups in total. The zero-order valence-corrected chi connectivity index (χ0v) is 17.6. The van der Waals surface area contributed by atoms with Gasteiger partial charge in [0.2, 0.25) is 0 Å². The van der Waals surface area contributed by atoms with Crippen molar-refractivity contribution in [3.8, 4) is 28.5 Å². The van der Waals surface area contributed by atoms with Crippen LogP contribution in [0.5, 0.6) is 0 Å². The number of fused-ring (bicyclic) bond motifs is 3. The second kappa shape index (κ2) is 7.73. The highest BCUT2D eigenvalue weighted by Crippen LogP contribution is 2.39. The molecule has 1 aliphatic rings. The molecule has 7 nitrogen and oxygen atoms in total. The van der Waals surface area contributed by atoms with E-state index in [-0.39, 0.29) is 6.04 Å². The number of hydrogen-bond donors (Lipinski definition) is 1. The van der Waals surface area contributed by atoms with Gasteiger partial charge in [0.15, 0.2) is 0 Å². The highest BCUT2D eigenvalue weighted by Gasteiger charge is 2.26. The molecular formula is C24H23N7. The zero-order chi connectivity index (χ0) is 21.4. The largest absolute Gasteiger partial charge is 0.378 e. The highest BCUT2D eigenvalue weighted by molar-refractivity contribution is 5.74. The molecule has 5 rings (SSSR count). The first-order valence-electron chi connectivity index (χ1n) is 10.4. The van der Waals surface area contributed by atoms with Crippen LogP contribution in [0.1, 0.15) is 29.3 Å². The van der Waals surface area contributed by atoms with Gasteiger partial charge in [-0.1, -0.05) is 29.5 Å². The maximum atomic E-state index is 9.05. The highest BCUT2D eigenvalue weighted by atomic mass is 15.4. The molecular weight excluding hydrogens is 386 g/mol. The summed E-state index contributed by atoms with van der Waals surface area (Å²) in [5, 5.41) is 25.8. The van der Waals surface area contributed by atoms with Gasteiger partial charge in [-0.05, 0) is 48.2 Å². The maximum absolute atomic E-state index is 9.05. The van der Waals surface area contributed by atoms with E-state index in [0.29, 0.717) is 6.42 Å². The van der Waals surface area contributed by atoms with E-state index in [1.165, 1.54) is 5.56 Å². The average Bonchev–Trinajstić information content (AvgIpc) is 3.32. The summed E-state index contributed by atoms with van der Waals surface area (Å²) in [6, 6.07) is 17.0. The summed E-state index contributed by atoms with van der Waals surface area (Å²) in [4.78, 5) is 0. The van der Waals surface area contributed by atoms with Crippen molar-refractivity contribution in [3.63, 3.8) is 0 Å². The Labute approximate surface area is 180 Å². The van der Waals surface area contributed by atoms with Crippen molar-refractivity contribution in [3.05, 3.63) is 71.7 Å². The number of nitriles is 1. The third-order valence-corrected chi connectivity index (χ3v) is 5.80. The van der Waals surface area contributed by atoms with Crippen molar-refractivity contribution in [2.24, 2.45) is 7.05 Å². The second-order valence-corrected chi connectivity index (χ2v) is 7.97. The van der Waals surface area contributed by atoms with Gasteiger partial charge in [-0.2, -0.15) is 10.4 Å². The molecule has 1 unspecified atom stereocenters. The SMILES string of the molecule is Cc1nnn2c1-c1ccc(-c3cnn(C)c3)cc1C(Nc1cccc(CC#N)c1)CC2. The maximum Gasteiger partial charge on any atom is 0.0918 e. The second-order valence-electron chi connectivity index (χ2n) is 7.97. The molecule has 0 fully saturated rings. The van der Waals surface area contributed by atoms with E-state index < -0.39 is 0 Å². The first kappa shape index (κ1) is 19.1. The molecule has 3 heterocycles. The monoisotopic (exact) mass is 409 g/mol. The molecule has 0 spiro atoms. The van der Waals surface area contributed by atoms with Crippen LogP contribution in [-0.2, 0) is 20.0 Å². The minimum atomic E-state index is 0.102. The molecule has 0 bridgehead atoms. The van der Waals surface area contributed by atoms with Crippen LogP contribution in [0.4, 0.5) is 5.69 Å². The van der Waals surface area contributed by atoms with Crippen LogP contribution < -0.4 is 5.32 Å². The van der Waals surface area contributed by atoms with Gasteiger partial charge in [0.25, 0.3) is 0 Å². The van der Waals surface area contributed by atoms with Crippen molar-refractivity contribution in [1.29, 1.82) is 5.26 Å². The molecule has 0 saturated heterocycles. The lowest BCUT2D eigenvalue weighted by atomic mass is 9.93. The molecule has 0 radical (unpaired) electrons. The molecule has 1 atom stereocenters. The van der Waals surface area contributed by atoms with Crippen LogP contribution in [-0.4, -0.2) is 24.8 Å². The average molecular weight is 409 g/mol. The van der Waals surface area contributed by atoms with Crippen LogP contribution in [0.3, 0.4) is 0 Å². The molecule has 4 aromatic rings. The van der Waals surface area contributed by atoms with Gasteiger partial charge in [-0.25, -0.2) is 4.68 Å². The summed E-state index contributed by atoms with van der Waals surface area (Å²) >= 11 is 0. The van der Waals surface area contributed by atoms with E-state index in [9.17, 15) is 0 Å². The van der Waals surface area contributed by atoms with E-state index in [0.717, 1.165) is 52.3 Å². The minimum absolute atomic E-state index is 0.102. The van der Waals surface area contributed by atoms with Gasteiger partial charge < -0.3 is 5.32 Å². The fourth-order valence-corrected chi connectivity index (χ4v) is 4.33. The zero-order valence-electron chi connectivity index (χ0n) is 17.6. The first-order chi connectivity index (χ1) is 15.1. The summed E-state index contributed by atoms with van der Waals surface area (Å²) in [6.45, 7) is 2.79. The Morgan fingerprint density at radius 3 is 2.90 bits per heavy atom. The molecule has 1 aliphatic heterocycles. The summed E-state index contributed by atoms with van der Waals surface area (Å²) in [6.07, 6.45) is 5.20. The number of hydrogen-bond acceptors (Lipinski definition) is 5.